The maximum absolute atomic E-state index is 13.2. The number of rotatable bonds is 4. The molecule has 4 heteroatoms. The van der Waals surface area contributed by atoms with Crippen LogP contribution in [0.3, 0.4) is 0 Å². The molecule has 4 nitrogen and oxygen atoms in total. The first-order valence-electron chi connectivity index (χ1n) is 8.86. The van der Waals surface area contributed by atoms with Crippen LogP contribution in [-0.2, 0) is 7.05 Å². The first-order valence-corrected chi connectivity index (χ1v) is 8.86. The van der Waals surface area contributed by atoms with Gasteiger partial charge in [-0.25, -0.2) is 0 Å². The Labute approximate surface area is 148 Å². The van der Waals surface area contributed by atoms with Crippen molar-refractivity contribution in [1.82, 2.24) is 14.7 Å². The number of fused-ring (bicyclic) bond motifs is 1. The molecule has 4 rings (SSSR count). The average molecular weight is 333 g/mol. The number of carbonyl (C=O) groups excluding carboxylic acids is 1. The lowest BCUT2D eigenvalue weighted by Crippen LogP contribution is -2.36. The Morgan fingerprint density at radius 2 is 1.88 bits per heavy atom. The molecule has 3 aromatic rings. The van der Waals surface area contributed by atoms with E-state index in [1.165, 1.54) is 16.3 Å². The van der Waals surface area contributed by atoms with Gasteiger partial charge in [0.05, 0.1) is 11.7 Å². The lowest BCUT2D eigenvalue weighted by atomic mass is 10.0. The van der Waals surface area contributed by atoms with Gasteiger partial charge >= 0.3 is 0 Å². The Balaban J connectivity index is 1.70. The summed E-state index contributed by atoms with van der Waals surface area (Å²) in [5, 5.41) is 6.78. The van der Waals surface area contributed by atoms with Crippen LogP contribution in [0.5, 0.6) is 0 Å². The lowest BCUT2D eigenvalue weighted by Gasteiger charge is -2.30. The van der Waals surface area contributed by atoms with Crippen LogP contribution in [0.25, 0.3) is 10.8 Å². The Bertz CT molecular complexity index is 939. The van der Waals surface area contributed by atoms with E-state index in [0.29, 0.717) is 11.7 Å². The molecule has 1 atom stereocenters. The predicted molar refractivity (Wildman–Crippen MR) is 99.5 cm³/mol. The second kappa shape index (κ2) is 6.03. The van der Waals surface area contributed by atoms with Crippen molar-refractivity contribution in [2.45, 2.75) is 38.8 Å². The molecule has 1 heterocycles. The molecule has 2 aromatic carbocycles. The van der Waals surface area contributed by atoms with Gasteiger partial charge in [-0.15, -0.1) is 0 Å². The third-order valence-electron chi connectivity index (χ3n) is 5.07. The minimum absolute atomic E-state index is 0.0415. The zero-order valence-electron chi connectivity index (χ0n) is 14.9. The summed E-state index contributed by atoms with van der Waals surface area (Å²) in [4.78, 5) is 15.2. The van der Waals surface area contributed by atoms with Gasteiger partial charge in [0, 0.05) is 13.1 Å². The van der Waals surface area contributed by atoms with Crippen molar-refractivity contribution in [1.29, 1.82) is 0 Å². The highest BCUT2D eigenvalue weighted by molar-refractivity contribution is 5.93. The maximum Gasteiger partial charge on any atom is 0.272 e. The van der Waals surface area contributed by atoms with Crippen molar-refractivity contribution in [2.24, 2.45) is 7.05 Å². The number of aromatic nitrogens is 2. The summed E-state index contributed by atoms with van der Waals surface area (Å²) < 4.78 is 1.69. The molecule has 0 radical (unpaired) electrons. The van der Waals surface area contributed by atoms with Crippen molar-refractivity contribution in [3.8, 4) is 0 Å². The van der Waals surface area contributed by atoms with Crippen molar-refractivity contribution in [2.75, 3.05) is 0 Å². The minimum Gasteiger partial charge on any atom is -0.328 e. The van der Waals surface area contributed by atoms with Crippen LogP contribution in [0.4, 0.5) is 0 Å². The zero-order chi connectivity index (χ0) is 17.6. The van der Waals surface area contributed by atoms with Crippen molar-refractivity contribution in [3.63, 3.8) is 0 Å². The molecule has 0 unspecified atom stereocenters. The molecular formula is C21H23N3O. The third-order valence-corrected chi connectivity index (χ3v) is 5.07. The molecule has 1 aromatic heterocycles. The number of nitrogens with zero attached hydrogens (tertiary/aromatic N) is 3. The smallest absolute Gasteiger partial charge is 0.272 e. The summed E-state index contributed by atoms with van der Waals surface area (Å²) in [6, 6.07) is 17.1. The summed E-state index contributed by atoms with van der Waals surface area (Å²) in [7, 11) is 1.84. The Kier molecular flexibility index (Phi) is 3.83. The average Bonchev–Trinajstić information content (AvgIpc) is 3.38. The molecule has 25 heavy (non-hydrogen) atoms. The highest BCUT2D eigenvalue weighted by Gasteiger charge is 2.37. The van der Waals surface area contributed by atoms with E-state index in [0.717, 1.165) is 18.5 Å². The Morgan fingerprint density at radius 1 is 1.16 bits per heavy atom. The first kappa shape index (κ1) is 15.9. The fourth-order valence-electron chi connectivity index (χ4n) is 3.58. The van der Waals surface area contributed by atoms with Crippen LogP contribution in [0.2, 0.25) is 0 Å². The summed E-state index contributed by atoms with van der Waals surface area (Å²) in [6.45, 7) is 4.05. The van der Waals surface area contributed by atoms with E-state index in [1.807, 2.05) is 24.9 Å². The normalized spacial score (nSPS) is 15.3. The molecule has 128 valence electrons. The van der Waals surface area contributed by atoms with Gasteiger partial charge in [0.1, 0.15) is 5.69 Å². The molecule has 0 N–H and O–H groups in total. The summed E-state index contributed by atoms with van der Waals surface area (Å²) >= 11 is 0. The lowest BCUT2D eigenvalue weighted by molar-refractivity contribution is 0.0662. The van der Waals surface area contributed by atoms with E-state index >= 15 is 0 Å². The summed E-state index contributed by atoms with van der Waals surface area (Å²) in [5.74, 6) is 0.0752. The fraction of sp³-hybridized carbons (Fsp3) is 0.333. The first-order chi connectivity index (χ1) is 12.0. The van der Waals surface area contributed by atoms with E-state index < -0.39 is 0 Å². The summed E-state index contributed by atoms with van der Waals surface area (Å²) in [5.41, 5.74) is 2.72. The molecule has 0 spiro atoms. The Hall–Kier alpha value is -2.62. The SMILES string of the molecule is Cc1cc(C(=O)N(C2CC2)[C@@H](C)c2ccc3ccccc3c2)n(C)n1. The highest BCUT2D eigenvalue weighted by Crippen LogP contribution is 2.36. The number of carbonyl (C=O) groups is 1. The monoisotopic (exact) mass is 333 g/mol. The molecule has 1 aliphatic carbocycles. The summed E-state index contributed by atoms with van der Waals surface area (Å²) in [6.07, 6.45) is 2.17. The van der Waals surface area contributed by atoms with Gasteiger partial charge in [0.2, 0.25) is 0 Å². The highest BCUT2D eigenvalue weighted by atomic mass is 16.2. The number of hydrogen-bond donors (Lipinski definition) is 0. The topological polar surface area (TPSA) is 38.1 Å². The quantitative estimate of drug-likeness (QED) is 0.716. The van der Waals surface area contributed by atoms with E-state index in [-0.39, 0.29) is 11.9 Å². The number of amides is 1. The standard InChI is InChI=1S/C21H23N3O/c1-14-12-20(23(3)22-14)21(25)24(19-10-11-19)15(2)17-9-8-16-6-4-5-7-18(16)13-17/h4-9,12-13,15,19H,10-11H2,1-3H3/t15-/m0/s1. The van der Waals surface area contributed by atoms with Crippen LogP contribution in [0.1, 0.15) is 47.6 Å². The number of hydrogen-bond acceptors (Lipinski definition) is 2. The zero-order valence-corrected chi connectivity index (χ0v) is 14.9. The van der Waals surface area contributed by atoms with E-state index in [9.17, 15) is 4.79 Å². The van der Waals surface area contributed by atoms with Crippen molar-refractivity contribution in [3.05, 3.63) is 65.5 Å². The third kappa shape index (κ3) is 2.93. The van der Waals surface area contributed by atoms with Gasteiger partial charge in [-0.2, -0.15) is 5.10 Å². The predicted octanol–water partition coefficient (Wildman–Crippen LogP) is 4.25. The van der Waals surface area contributed by atoms with Crippen molar-refractivity contribution >= 4 is 16.7 Å². The van der Waals surface area contributed by atoms with Crippen LogP contribution in [-0.4, -0.2) is 26.6 Å². The van der Waals surface area contributed by atoms with Gasteiger partial charge in [-0.1, -0.05) is 36.4 Å². The molecule has 0 saturated heterocycles. The van der Waals surface area contributed by atoms with Crippen molar-refractivity contribution < 1.29 is 4.79 Å². The van der Waals surface area contributed by atoms with Crippen LogP contribution in [0, 0.1) is 6.92 Å². The van der Waals surface area contributed by atoms with Gasteiger partial charge in [-0.05, 0) is 55.2 Å². The largest absolute Gasteiger partial charge is 0.328 e. The van der Waals surface area contributed by atoms with E-state index in [2.05, 4.69) is 54.5 Å². The second-order valence-corrected chi connectivity index (χ2v) is 7.02. The van der Waals surface area contributed by atoms with Gasteiger partial charge in [0.25, 0.3) is 5.91 Å². The fourth-order valence-corrected chi connectivity index (χ4v) is 3.58. The molecule has 1 amide bonds. The molecule has 0 aliphatic heterocycles. The Morgan fingerprint density at radius 3 is 2.52 bits per heavy atom. The second-order valence-electron chi connectivity index (χ2n) is 7.02. The van der Waals surface area contributed by atoms with E-state index in [1.54, 1.807) is 4.68 Å². The molecular weight excluding hydrogens is 310 g/mol. The van der Waals surface area contributed by atoms with Gasteiger partial charge < -0.3 is 4.90 Å². The number of benzene rings is 2. The molecule has 1 saturated carbocycles. The van der Waals surface area contributed by atoms with Crippen LogP contribution in [0.15, 0.2) is 48.5 Å². The van der Waals surface area contributed by atoms with Crippen LogP contribution < -0.4 is 0 Å². The van der Waals surface area contributed by atoms with Gasteiger partial charge in [-0.3, -0.25) is 9.48 Å². The maximum atomic E-state index is 13.2. The number of aryl methyl sites for hydroxylation is 2. The van der Waals surface area contributed by atoms with Gasteiger partial charge in [0.15, 0.2) is 0 Å². The molecule has 1 fully saturated rings. The molecule has 1 aliphatic rings. The minimum atomic E-state index is 0.0415. The van der Waals surface area contributed by atoms with Crippen LogP contribution >= 0.6 is 0 Å². The van der Waals surface area contributed by atoms with E-state index in [4.69, 9.17) is 0 Å². The molecule has 0 bridgehead atoms.